The summed E-state index contributed by atoms with van der Waals surface area (Å²) in [5.74, 6) is 0.712. The molecule has 1 aliphatic rings. The molecule has 1 unspecified atom stereocenters. The molecular weight excluding hydrogens is 239 g/mol. The standard InChI is InChI=1S/C14H26F3N/c1-11(7-6-10-14(15,16)17)18-12(2)13-8-4-3-5-9-13/h11-13,18H,3-10H2,1-2H3/t11?,12-/m0/s1. The molecule has 0 heterocycles. The van der Waals surface area contributed by atoms with Crippen molar-refractivity contribution in [3.8, 4) is 0 Å². The van der Waals surface area contributed by atoms with Gasteiger partial charge >= 0.3 is 6.18 Å². The van der Waals surface area contributed by atoms with E-state index in [9.17, 15) is 13.2 Å². The van der Waals surface area contributed by atoms with Crippen LogP contribution in [0.5, 0.6) is 0 Å². The Morgan fingerprint density at radius 2 is 1.72 bits per heavy atom. The van der Waals surface area contributed by atoms with Gasteiger partial charge in [-0.15, -0.1) is 0 Å². The molecule has 1 saturated carbocycles. The van der Waals surface area contributed by atoms with Gasteiger partial charge in [0.25, 0.3) is 0 Å². The summed E-state index contributed by atoms with van der Waals surface area (Å²) in [7, 11) is 0. The first kappa shape index (κ1) is 15.8. The van der Waals surface area contributed by atoms with Gasteiger partial charge < -0.3 is 5.32 Å². The summed E-state index contributed by atoms with van der Waals surface area (Å²) in [4.78, 5) is 0. The van der Waals surface area contributed by atoms with E-state index in [0.29, 0.717) is 18.4 Å². The Morgan fingerprint density at radius 1 is 1.11 bits per heavy atom. The van der Waals surface area contributed by atoms with Gasteiger partial charge in [-0.1, -0.05) is 19.3 Å². The molecular formula is C14H26F3N. The second-order valence-corrected chi connectivity index (χ2v) is 5.76. The van der Waals surface area contributed by atoms with E-state index < -0.39 is 12.6 Å². The minimum atomic E-state index is -4.01. The van der Waals surface area contributed by atoms with Crippen molar-refractivity contribution >= 4 is 0 Å². The first-order chi connectivity index (χ1) is 8.38. The zero-order chi connectivity index (χ0) is 13.6. The van der Waals surface area contributed by atoms with Crippen LogP contribution < -0.4 is 5.32 Å². The van der Waals surface area contributed by atoms with Crippen molar-refractivity contribution in [3.05, 3.63) is 0 Å². The number of hydrogen-bond acceptors (Lipinski definition) is 1. The average Bonchev–Trinajstić information content (AvgIpc) is 2.28. The molecule has 0 aliphatic heterocycles. The van der Waals surface area contributed by atoms with E-state index in [1.54, 1.807) is 0 Å². The number of hydrogen-bond donors (Lipinski definition) is 1. The highest BCUT2D eigenvalue weighted by molar-refractivity contribution is 4.78. The molecule has 18 heavy (non-hydrogen) atoms. The summed E-state index contributed by atoms with van der Waals surface area (Å²) in [6.07, 6.45) is 2.66. The van der Waals surface area contributed by atoms with E-state index >= 15 is 0 Å². The van der Waals surface area contributed by atoms with Crippen LogP contribution in [0.4, 0.5) is 13.2 Å². The fourth-order valence-electron chi connectivity index (χ4n) is 2.91. The minimum Gasteiger partial charge on any atom is -0.312 e. The highest BCUT2D eigenvalue weighted by Gasteiger charge is 2.27. The van der Waals surface area contributed by atoms with E-state index in [1.165, 1.54) is 32.1 Å². The van der Waals surface area contributed by atoms with E-state index in [-0.39, 0.29) is 12.5 Å². The Kier molecular flexibility index (Phi) is 6.47. The highest BCUT2D eigenvalue weighted by Crippen LogP contribution is 2.27. The molecule has 1 N–H and O–H groups in total. The number of halogens is 3. The summed E-state index contributed by atoms with van der Waals surface area (Å²) >= 11 is 0. The van der Waals surface area contributed by atoms with E-state index in [4.69, 9.17) is 0 Å². The SMILES string of the molecule is CC(CCCC(F)(F)F)N[C@@H](C)C1CCCCC1. The third-order valence-electron chi connectivity index (χ3n) is 4.00. The van der Waals surface area contributed by atoms with Crippen molar-refractivity contribution in [1.82, 2.24) is 5.32 Å². The van der Waals surface area contributed by atoms with Crippen LogP contribution in [0.2, 0.25) is 0 Å². The lowest BCUT2D eigenvalue weighted by atomic mass is 9.84. The van der Waals surface area contributed by atoms with Crippen LogP contribution in [0, 0.1) is 5.92 Å². The normalized spacial score (nSPS) is 21.8. The van der Waals surface area contributed by atoms with Crippen LogP contribution >= 0.6 is 0 Å². The predicted molar refractivity (Wildman–Crippen MR) is 68.5 cm³/mol. The van der Waals surface area contributed by atoms with Gasteiger partial charge in [-0.3, -0.25) is 0 Å². The fraction of sp³-hybridized carbons (Fsp3) is 1.00. The molecule has 2 atom stereocenters. The first-order valence-electron chi connectivity index (χ1n) is 7.21. The van der Waals surface area contributed by atoms with Crippen molar-refractivity contribution in [2.45, 2.75) is 83.5 Å². The first-order valence-corrected chi connectivity index (χ1v) is 7.21. The highest BCUT2D eigenvalue weighted by atomic mass is 19.4. The van der Waals surface area contributed by atoms with Gasteiger partial charge in [-0.25, -0.2) is 0 Å². The maximum atomic E-state index is 12.0. The second kappa shape index (κ2) is 7.37. The molecule has 1 fully saturated rings. The zero-order valence-electron chi connectivity index (χ0n) is 11.5. The molecule has 0 saturated heterocycles. The van der Waals surface area contributed by atoms with Crippen LogP contribution in [0.25, 0.3) is 0 Å². The predicted octanol–water partition coefficient (Wildman–Crippen LogP) is 4.67. The van der Waals surface area contributed by atoms with Crippen LogP contribution in [-0.2, 0) is 0 Å². The summed E-state index contributed by atoms with van der Waals surface area (Å²) in [5.41, 5.74) is 0. The molecule has 0 amide bonds. The largest absolute Gasteiger partial charge is 0.389 e. The third-order valence-corrected chi connectivity index (χ3v) is 4.00. The second-order valence-electron chi connectivity index (χ2n) is 5.76. The fourth-order valence-corrected chi connectivity index (χ4v) is 2.91. The van der Waals surface area contributed by atoms with Crippen LogP contribution in [0.3, 0.4) is 0 Å². The van der Waals surface area contributed by atoms with Gasteiger partial charge in [0, 0.05) is 18.5 Å². The lowest BCUT2D eigenvalue weighted by Gasteiger charge is -2.30. The number of rotatable bonds is 6. The minimum absolute atomic E-state index is 0.185. The lowest BCUT2D eigenvalue weighted by Crippen LogP contribution is -2.40. The van der Waals surface area contributed by atoms with E-state index in [0.717, 1.165) is 0 Å². The summed E-state index contributed by atoms with van der Waals surface area (Å²) in [5, 5.41) is 3.47. The Bertz CT molecular complexity index is 222. The molecule has 0 aromatic carbocycles. The van der Waals surface area contributed by atoms with Crippen molar-refractivity contribution in [3.63, 3.8) is 0 Å². The molecule has 108 valence electrons. The molecule has 1 nitrogen and oxygen atoms in total. The van der Waals surface area contributed by atoms with Gasteiger partial charge in [0.1, 0.15) is 0 Å². The maximum Gasteiger partial charge on any atom is 0.389 e. The third kappa shape index (κ3) is 6.62. The Morgan fingerprint density at radius 3 is 2.28 bits per heavy atom. The maximum absolute atomic E-state index is 12.0. The van der Waals surface area contributed by atoms with Gasteiger partial charge in [0.05, 0.1) is 0 Å². The molecule has 1 rings (SSSR count). The number of alkyl halides is 3. The van der Waals surface area contributed by atoms with Crippen molar-refractivity contribution in [2.24, 2.45) is 5.92 Å². The smallest absolute Gasteiger partial charge is 0.312 e. The van der Waals surface area contributed by atoms with Gasteiger partial charge in [0.2, 0.25) is 0 Å². The van der Waals surface area contributed by atoms with Gasteiger partial charge in [0.15, 0.2) is 0 Å². The van der Waals surface area contributed by atoms with Crippen LogP contribution in [-0.4, -0.2) is 18.3 Å². The van der Waals surface area contributed by atoms with E-state index in [2.05, 4.69) is 12.2 Å². The Labute approximate surface area is 109 Å². The number of nitrogens with one attached hydrogen (secondary N) is 1. The van der Waals surface area contributed by atoms with Crippen LogP contribution in [0.1, 0.15) is 65.2 Å². The molecule has 4 heteroatoms. The summed E-state index contributed by atoms with van der Waals surface area (Å²) < 4.78 is 36.1. The quantitative estimate of drug-likeness (QED) is 0.736. The van der Waals surface area contributed by atoms with Crippen molar-refractivity contribution < 1.29 is 13.2 Å². The summed E-state index contributed by atoms with van der Waals surface area (Å²) in [6.45, 7) is 4.17. The Hall–Kier alpha value is -0.250. The zero-order valence-corrected chi connectivity index (χ0v) is 11.5. The monoisotopic (exact) mass is 265 g/mol. The van der Waals surface area contributed by atoms with Gasteiger partial charge in [-0.2, -0.15) is 13.2 Å². The molecule has 0 spiro atoms. The molecule has 0 aromatic heterocycles. The summed E-state index contributed by atoms with van der Waals surface area (Å²) in [6, 6.07) is 0.621. The lowest BCUT2D eigenvalue weighted by molar-refractivity contribution is -0.135. The Balaban J connectivity index is 2.16. The van der Waals surface area contributed by atoms with Crippen molar-refractivity contribution in [2.75, 3.05) is 0 Å². The molecule has 0 aromatic rings. The van der Waals surface area contributed by atoms with Gasteiger partial charge in [-0.05, 0) is 45.4 Å². The molecule has 0 bridgehead atoms. The van der Waals surface area contributed by atoms with E-state index in [1.807, 2.05) is 6.92 Å². The molecule has 0 radical (unpaired) electrons. The van der Waals surface area contributed by atoms with Crippen LogP contribution in [0.15, 0.2) is 0 Å². The van der Waals surface area contributed by atoms with Crippen molar-refractivity contribution in [1.29, 1.82) is 0 Å². The average molecular weight is 265 g/mol. The topological polar surface area (TPSA) is 12.0 Å². The molecule has 1 aliphatic carbocycles.